The first-order valence-corrected chi connectivity index (χ1v) is 16.1. The lowest BCUT2D eigenvalue weighted by molar-refractivity contribution is 0.244. The minimum atomic E-state index is -0.250. The van der Waals surface area contributed by atoms with Gasteiger partial charge >= 0.3 is 0 Å². The van der Waals surface area contributed by atoms with E-state index in [-0.39, 0.29) is 29.6 Å². The number of benzene rings is 5. The van der Waals surface area contributed by atoms with E-state index in [4.69, 9.17) is 9.47 Å². The van der Waals surface area contributed by atoms with Crippen molar-refractivity contribution >= 4 is 0 Å². The third-order valence-corrected chi connectivity index (χ3v) is 8.52. The van der Waals surface area contributed by atoms with Crippen molar-refractivity contribution < 1.29 is 35.0 Å². The van der Waals surface area contributed by atoms with Gasteiger partial charge in [-0.05, 0) is 88.3 Å². The van der Waals surface area contributed by atoms with Crippen LogP contribution in [0.15, 0.2) is 97.1 Å². The van der Waals surface area contributed by atoms with Crippen molar-refractivity contribution in [3.05, 3.63) is 142 Å². The van der Waals surface area contributed by atoms with Gasteiger partial charge in [0.25, 0.3) is 0 Å². The second-order valence-corrected chi connectivity index (χ2v) is 12.4. The molecule has 5 N–H and O–H groups in total. The largest absolute Gasteiger partial charge is 0.508 e. The van der Waals surface area contributed by atoms with Crippen molar-refractivity contribution in [2.45, 2.75) is 52.8 Å². The molecule has 0 spiro atoms. The zero-order valence-corrected chi connectivity index (χ0v) is 28.1. The summed E-state index contributed by atoms with van der Waals surface area (Å²) in [4.78, 5) is 4.56. The second-order valence-electron chi connectivity index (χ2n) is 12.4. The van der Waals surface area contributed by atoms with E-state index in [1.54, 1.807) is 24.3 Å². The molecular weight excluding hydrogens is 620 g/mol. The number of rotatable bonds is 15. The lowest BCUT2D eigenvalue weighted by Gasteiger charge is -2.25. The van der Waals surface area contributed by atoms with Crippen LogP contribution in [-0.2, 0) is 45.9 Å². The molecule has 5 aromatic rings. The first-order valence-electron chi connectivity index (χ1n) is 16.1. The Morgan fingerprint density at radius 3 is 1.20 bits per heavy atom. The predicted octanol–water partition coefficient (Wildman–Crippen LogP) is 6.73. The van der Waals surface area contributed by atoms with E-state index >= 15 is 0 Å². The quantitative estimate of drug-likeness (QED) is 0.0828. The Kier molecular flexibility index (Phi) is 11.6. The van der Waals surface area contributed by atoms with Gasteiger partial charge in [0.15, 0.2) is 23.0 Å². The summed E-state index contributed by atoms with van der Waals surface area (Å²) in [7, 11) is 3.07. The highest BCUT2D eigenvalue weighted by Crippen LogP contribution is 2.30. The maximum absolute atomic E-state index is 10.1. The second kappa shape index (κ2) is 16.3. The molecule has 0 heterocycles. The van der Waals surface area contributed by atoms with Crippen LogP contribution in [0.5, 0.6) is 34.5 Å². The van der Waals surface area contributed by atoms with Crippen LogP contribution in [0.3, 0.4) is 0 Å². The smallest absolute Gasteiger partial charge is 0.160 e. The van der Waals surface area contributed by atoms with Gasteiger partial charge in [0.05, 0.1) is 20.8 Å². The van der Waals surface area contributed by atoms with Gasteiger partial charge in [-0.3, -0.25) is 9.80 Å². The topological polar surface area (TPSA) is 126 Å². The Labute approximate surface area is 287 Å². The first kappa shape index (κ1) is 35.1. The monoisotopic (exact) mass is 664 g/mol. The maximum Gasteiger partial charge on any atom is 0.160 e. The molecule has 0 atom stereocenters. The van der Waals surface area contributed by atoms with Crippen LogP contribution in [0.1, 0.15) is 44.5 Å². The normalized spacial score (nSPS) is 11.3. The molecule has 49 heavy (non-hydrogen) atoms. The number of hydrogen-bond donors (Lipinski definition) is 5. The van der Waals surface area contributed by atoms with Crippen LogP contribution in [0.2, 0.25) is 0 Å². The number of methoxy groups -OCH3 is 2. The molecule has 0 amide bonds. The van der Waals surface area contributed by atoms with E-state index in [1.165, 1.54) is 14.2 Å². The molecule has 0 saturated carbocycles. The Hall–Kier alpha value is -5.22. The van der Waals surface area contributed by atoms with E-state index in [9.17, 15) is 25.5 Å². The zero-order valence-electron chi connectivity index (χ0n) is 28.1. The summed E-state index contributed by atoms with van der Waals surface area (Å²) in [6, 6.07) is 30.2. The molecule has 9 nitrogen and oxygen atoms in total. The van der Waals surface area contributed by atoms with Crippen LogP contribution < -0.4 is 9.47 Å². The van der Waals surface area contributed by atoms with Gasteiger partial charge in [-0.25, -0.2) is 0 Å². The summed E-state index contributed by atoms with van der Waals surface area (Å²) in [6.45, 7) is 5.34. The van der Waals surface area contributed by atoms with Gasteiger partial charge in [0, 0.05) is 44.8 Å². The minimum absolute atomic E-state index is 0.0656. The lowest BCUT2D eigenvalue weighted by Crippen LogP contribution is -2.23. The molecule has 5 rings (SSSR count). The van der Waals surface area contributed by atoms with Crippen molar-refractivity contribution in [3.8, 4) is 34.5 Å². The molecule has 9 heteroatoms. The van der Waals surface area contributed by atoms with E-state index in [1.807, 2.05) is 55.5 Å². The highest BCUT2D eigenvalue weighted by molar-refractivity contribution is 5.43. The van der Waals surface area contributed by atoms with Crippen molar-refractivity contribution in [3.63, 3.8) is 0 Å². The van der Waals surface area contributed by atoms with Gasteiger partial charge < -0.3 is 35.0 Å². The van der Waals surface area contributed by atoms with Crippen molar-refractivity contribution in [2.24, 2.45) is 0 Å². The third-order valence-electron chi connectivity index (χ3n) is 8.52. The van der Waals surface area contributed by atoms with Gasteiger partial charge in [0.2, 0.25) is 0 Å². The summed E-state index contributed by atoms with van der Waals surface area (Å²) in [6.07, 6.45) is 0. The van der Waals surface area contributed by atoms with E-state index in [0.717, 1.165) is 38.9 Å². The van der Waals surface area contributed by atoms with Crippen molar-refractivity contribution in [1.29, 1.82) is 0 Å². The number of aliphatic hydroxyl groups is 1. The molecular formula is C40H44N2O7. The number of hydrogen-bond acceptors (Lipinski definition) is 9. The summed E-state index contributed by atoms with van der Waals surface area (Å²) >= 11 is 0. The minimum Gasteiger partial charge on any atom is -0.508 e. The fourth-order valence-electron chi connectivity index (χ4n) is 5.96. The third kappa shape index (κ3) is 9.45. The van der Waals surface area contributed by atoms with Crippen LogP contribution >= 0.6 is 0 Å². The van der Waals surface area contributed by atoms with Gasteiger partial charge in [-0.15, -0.1) is 0 Å². The van der Waals surface area contributed by atoms with Crippen LogP contribution in [0.4, 0.5) is 0 Å². The number of ether oxygens (including phenoxy) is 2. The molecule has 0 saturated heterocycles. The SMILES string of the molecule is COc1cc(CN(Cc2ccc(CN(Cc3ccc(O)c(CO)c3)Cc3ccc(O)c(OC)c3)cc2)Cc2ccc(O)c(C)c2)ccc1O. The fraction of sp³-hybridized carbons (Fsp3) is 0.250. The van der Waals surface area contributed by atoms with E-state index in [0.29, 0.717) is 56.3 Å². The van der Waals surface area contributed by atoms with Gasteiger partial charge in [-0.1, -0.05) is 54.6 Å². The number of aromatic hydroxyl groups is 4. The zero-order chi connectivity index (χ0) is 34.9. The Morgan fingerprint density at radius 2 is 0.796 bits per heavy atom. The molecule has 0 aliphatic rings. The Balaban J connectivity index is 1.36. The van der Waals surface area contributed by atoms with Crippen LogP contribution in [0.25, 0.3) is 0 Å². The molecule has 5 aromatic carbocycles. The molecule has 0 aliphatic carbocycles. The van der Waals surface area contributed by atoms with Crippen molar-refractivity contribution in [2.75, 3.05) is 14.2 Å². The number of aliphatic hydroxyl groups excluding tert-OH is 1. The van der Waals surface area contributed by atoms with Gasteiger partial charge in [0.1, 0.15) is 11.5 Å². The van der Waals surface area contributed by atoms with E-state index in [2.05, 4.69) is 34.1 Å². The predicted molar refractivity (Wildman–Crippen MR) is 189 cm³/mol. The molecule has 0 aromatic heterocycles. The molecule has 0 aliphatic heterocycles. The van der Waals surface area contributed by atoms with Crippen molar-refractivity contribution in [1.82, 2.24) is 9.80 Å². The van der Waals surface area contributed by atoms with Gasteiger partial charge in [-0.2, -0.15) is 0 Å². The van der Waals surface area contributed by atoms with E-state index < -0.39 is 0 Å². The summed E-state index contributed by atoms with van der Waals surface area (Å²) in [5, 5.41) is 50.1. The fourth-order valence-corrected chi connectivity index (χ4v) is 5.96. The number of aryl methyl sites for hydroxylation is 1. The van der Waals surface area contributed by atoms with Crippen LogP contribution in [0, 0.1) is 6.92 Å². The standard InChI is InChI=1S/C40H44N2O7/c1-27-16-30(8-12-35(27)44)22-41(24-32-10-14-37(46)39(18-32)48-2)20-28-4-6-29(7-5-28)21-42(23-31-9-13-36(45)34(17-31)26-43)25-33-11-15-38(47)40(19-33)49-3/h4-19,43-47H,20-26H2,1-3H3. The molecule has 0 fully saturated rings. The lowest BCUT2D eigenvalue weighted by atomic mass is 10.1. The highest BCUT2D eigenvalue weighted by Gasteiger charge is 2.15. The highest BCUT2D eigenvalue weighted by atomic mass is 16.5. The molecule has 0 unspecified atom stereocenters. The Bertz CT molecular complexity index is 1800. The molecule has 0 radical (unpaired) electrons. The number of phenolic OH excluding ortho intramolecular Hbond substituents is 3. The number of phenols is 4. The summed E-state index contributed by atoms with van der Waals surface area (Å²) in [5.74, 6) is 1.35. The average Bonchev–Trinajstić information content (AvgIpc) is 3.09. The molecule has 256 valence electrons. The summed E-state index contributed by atoms with van der Waals surface area (Å²) in [5.41, 5.74) is 7.55. The first-order chi connectivity index (χ1) is 23.6. The average molecular weight is 665 g/mol. The Morgan fingerprint density at radius 1 is 0.449 bits per heavy atom. The maximum atomic E-state index is 10.1. The summed E-state index contributed by atoms with van der Waals surface area (Å²) < 4.78 is 10.7. The molecule has 0 bridgehead atoms. The number of nitrogens with zero attached hydrogens (tertiary/aromatic N) is 2. The van der Waals surface area contributed by atoms with Crippen LogP contribution in [-0.4, -0.2) is 49.6 Å².